The summed E-state index contributed by atoms with van der Waals surface area (Å²) < 4.78 is 26.0. The minimum absolute atomic E-state index is 0.0157. The number of unbranched alkanes of at least 4 members (excludes halogenated alkanes) is 4. The number of allylic oxidation sites excluding steroid dienone is 1. The largest absolute Gasteiger partial charge is 0.377 e. The average Bonchev–Trinajstić information content (AvgIpc) is 3.86. The second kappa shape index (κ2) is 24.3. The van der Waals surface area contributed by atoms with Crippen molar-refractivity contribution in [2.75, 3.05) is 26.4 Å². The Morgan fingerprint density at radius 3 is 1.35 bits per heavy atom. The van der Waals surface area contributed by atoms with Gasteiger partial charge in [-0.15, -0.1) is 0 Å². The molecule has 8 aromatic rings. The van der Waals surface area contributed by atoms with Crippen LogP contribution in [0.1, 0.15) is 163 Å². The van der Waals surface area contributed by atoms with Crippen LogP contribution in [0.25, 0.3) is 27.4 Å². The molecular formula is C72H74BBrO4. The predicted octanol–water partition coefficient (Wildman–Crippen LogP) is 17.9. The van der Waals surface area contributed by atoms with E-state index in [-0.39, 0.29) is 11.8 Å². The van der Waals surface area contributed by atoms with Gasteiger partial charge in [0.05, 0.1) is 37.3 Å². The van der Waals surface area contributed by atoms with Crippen molar-refractivity contribution >= 4 is 40.0 Å². The van der Waals surface area contributed by atoms with Crippen LogP contribution < -0.4 is 0 Å². The summed E-state index contributed by atoms with van der Waals surface area (Å²) in [5, 5.41) is 2.41. The highest BCUT2D eigenvalue weighted by Gasteiger charge is 2.57. The molecule has 0 fully saturated rings. The molecule has 2 unspecified atom stereocenters. The van der Waals surface area contributed by atoms with E-state index in [1.807, 2.05) is 0 Å². The van der Waals surface area contributed by atoms with Crippen LogP contribution in [-0.2, 0) is 56.2 Å². The van der Waals surface area contributed by atoms with Gasteiger partial charge in [-0.25, -0.2) is 0 Å². The number of hydrogen-bond donors (Lipinski definition) is 0. The van der Waals surface area contributed by atoms with E-state index in [4.69, 9.17) is 26.8 Å². The number of benzene rings is 8. The van der Waals surface area contributed by atoms with Crippen molar-refractivity contribution in [1.82, 2.24) is 0 Å². The van der Waals surface area contributed by atoms with Gasteiger partial charge in [-0.1, -0.05) is 233 Å². The van der Waals surface area contributed by atoms with E-state index >= 15 is 0 Å². The van der Waals surface area contributed by atoms with E-state index in [1.54, 1.807) is 0 Å². The molecule has 0 saturated carbocycles. The normalized spacial score (nSPS) is 16.3. The molecule has 2 atom stereocenters. The van der Waals surface area contributed by atoms with E-state index in [0.29, 0.717) is 26.4 Å². The third kappa shape index (κ3) is 9.89. The Labute approximate surface area is 474 Å². The zero-order valence-corrected chi connectivity index (χ0v) is 47.8. The molecule has 2 radical (unpaired) electrons. The van der Waals surface area contributed by atoms with Crippen LogP contribution in [0.15, 0.2) is 174 Å². The Hall–Kier alpha value is -5.86. The van der Waals surface area contributed by atoms with E-state index in [2.05, 4.69) is 213 Å². The van der Waals surface area contributed by atoms with Crippen LogP contribution in [0, 0.1) is 5.92 Å². The second-order valence-corrected chi connectivity index (χ2v) is 22.8. The Kier molecular flexibility index (Phi) is 16.8. The smallest absolute Gasteiger partial charge is 0.114 e. The summed E-state index contributed by atoms with van der Waals surface area (Å²) in [4.78, 5) is 0. The number of fused-ring (bicyclic) bond motifs is 10. The lowest BCUT2D eigenvalue weighted by Gasteiger charge is -2.41. The van der Waals surface area contributed by atoms with Crippen molar-refractivity contribution in [1.29, 1.82) is 0 Å². The summed E-state index contributed by atoms with van der Waals surface area (Å²) in [5.41, 5.74) is 19.1. The first kappa shape index (κ1) is 54.1. The van der Waals surface area contributed by atoms with Gasteiger partial charge in [-0.2, -0.15) is 0 Å². The van der Waals surface area contributed by atoms with Gasteiger partial charge in [0.15, 0.2) is 0 Å². The zero-order valence-electron chi connectivity index (χ0n) is 46.2. The molecule has 0 N–H and O–H groups in total. The van der Waals surface area contributed by atoms with Crippen molar-refractivity contribution in [2.24, 2.45) is 5.92 Å². The van der Waals surface area contributed by atoms with Gasteiger partial charge in [0.1, 0.15) is 7.85 Å². The first-order chi connectivity index (χ1) is 38.4. The van der Waals surface area contributed by atoms with Crippen molar-refractivity contribution in [3.8, 4) is 11.1 Å². The minimum Gasteiger partial charge on any atom is -0.377 e. The van der Waals surface area contributed by atoms with Gasteiger partial charge in [-0.3, -0.25) is 0 Å². The molecule has 3 aliphatic rings. The minimum atomic E-state index is -0.710. The predicted molar refractivity (Wildman–Crippen MR) is 325 cm³/mol. The van der Waals surface area contributed by atoms with Gasteiger partial charge in [0.25, 0.3) is 0 Å². The monoisotopic (exact) mass is 1090 g/mol. The summed E-state index contributed by atoms with van der Waals surface area (Å²) in [6.45, 7) is 14.2. The van der Waals surface area contributed by atoms with Crippen molar-refractivity contribution in [3.05, 3.63) is 252 Å². The molecule has 6 heteroatoms. The third-order valence-corrected chi connectivity index (χ3v) is 17.7. The van der Waals surface area contributed by atoms with E-state index < -0.39 is 10.8 Å². The van der Waals surface area contributed by atoms with Gasteiger partial charge in [0, 0.05) is 42.7 Å². The molecule has 0 bridgehead atoms. The summed E-state index contributed by atoms with van der Waals surface area (Å²) in [6.07, 6.45) is 11.1. The van der Waals surface area contributed by atoms with Crippen molar-refractivity contribution < 1.29 is 18.9 Å². The molecule has 11 rings (SSSR count). The fourth-order valence-electron chi connectivity index (χ4n) is 13.1. The highest BCUT2D eigenvalue weighted by Crippen LogP contribution is 2.67. The number of halogens is 1. The Bertz CT molecular complexity index is 3270. The maximum absolute atomic E-state index is 7.37. The summed E-state index contributed by atoms with van der Waals surface area (Å²) >= 11 is 4.19. The lowest BCUT2D eigenvalue weighted by Crippen LogP contribution is -2.36. The standard InChI is InChI=1S/C72H74BBrO4/c1-5-9-37-75-45-49-21-29-53(30-22-49)71(54-31-23-50(24-32-54)46-76-38-10-6-2)63-42-62-64(41-61(63)69-59-19-15-13-17-57(59)67(73)43-65(69)71)72(55-33-25-51(26-34-55)47-77-39-11-7-3,56-35-27-52(28-36-56)48-78-40-12-8-4)66-44-68(74)58-18-14-16-20-60(58)70(62)66/h13-36,41-44,65,69H,5-12,37-40,45-48H2,1-4H3. The Morgan fingerprint density at radius 1 is 0.436 bits per heavy atom. The molecule has 3 aliphatic carbocycles. The van der Waals surface area contributed by atoms with Crippen molar-refractivity contribution in [3.63, 3.8) is 0 Å². The Morgan fingerprint density at radius 2 is 0.872 bits per heavy atom. The average molecular weight is 1090 g/mol. The van der Waals surface area contributed by atoms with Gasteiger partial charge in [0.2, 0.25) is 0 Å². The van der Waals surface area contributed by atoms with Crippen molar-refractivity contribution in [2.45, 2.75) is 122 Å². The van der Waals surface area contributed by atoms with Crippen LogP contribution in [0.4, 0.5) is 0 Å². The third-order valence-electron chi connectivity index (χ3n) is 17.1. The quantitative estimate of drug-likeness (QED) is 0.0446. The van der Waals surface area contributed by atoms with Gasteiger partial charge in [-0.05, 0) is 138 Å². The van der Waals surface area contributed by atoms with Crippen LogP contribution in [0.3, 0.4) is 0 Å². The molecule has 78 heavy (non-hydrogen) atoms. The summed E-state index contributed by atoms with van der Waals surface area (Å²) in [7, 11) is 7.37. The van der Waals surface area contributed by atoms with E-state index in [0.717, 1.165) is 93.3 Å². The highest BCUT2D eigenvalue weighted by atomic mass is 79.9. The molecular weight excluding hydrogens is 1020 g/mol. The van der Waals surface area contributed by atoms with Crippen LogP contribution >= 0.6 is 15.9 Å². The molecule has 8 aromatic carbocycles. The number of rotatable bonds is 24. The molecule has 0 amide bonds. The summed E-state index contributed by atoms with van der Waals surface area (Å²) in [5.74, 6) is -0.0733. The number of ether oxygens (including phenoxy) is 4. The summed E-state index contributed by atoms with van der Waals surface area (Å²) in [6, 6.07) is 63.0. The number of hydrogen-bond acceptors (Lipinski definition) is 4. The van der Waals surface area contributed by atoms with Gasteiger partial charge >= 0.3 is 0 Å². The zero-order chi connectivity index (χ0) is 53.6. The lowest BCUT2D eigenvalue weighted by atomic mass is 9.59. The molecule has 0 heterocycles. The molecule has 0 saturated heterocycles. The molecule has 0 aromatic heterocycles. The SMILES string of the molecule is [B]C1=CC2C(c3ccccc31)c1cc3c(cc1C2(c1ccc(COCCCC)cc1)c1ccc(COCCCC)cc1)-c1c(cc(Br)c2ccccc12)C3(c1ccc(COCCCC)cc1)c1ccc(COCCCC)cc1. The first-order valence-electron chi connectivity index (χ1n) is 29.0. The van der Waals surface area contributed by atoms with E-state index in [9.17, 15) is 0 Å². The molecule has 0 spiro atoms. The lowest BCUT2D eigenvalue weighted by molar-refractivity contribution is 0.118. The van der Waals surface area contributed by atoms with Crippen LogP contribution in [0.5, 0.6) is 0 Å². The molecule has 0 aliphatic heterocycles. The maximum atomic E-state index is 7.37. The van der Waals surface area contributed by atoms with Crippen LogP contribution in [-0.4, -0.2) is 34.3 Å². The molecule has 4 nitrogen and oxygen atoms in total. The Balaban J connectivity index is 1.20. The van der Waals surface area contributed by atoms with Gasteiger partial charge < -0.3 is 18.9 Å². The maximum Gasteiger partial charge on any atom is 0.114 e. The highest BCUT2D eigenvalue weighted by molar-refractivity contribution is 9.10. The first-order valence-corrected chi connectivity index (χ1v) is 29.8. The fourth-order valence-corrected chi connectivity index (χ4v) is 13.7. The van der Waals surface area contributed by atoms with Crippen LogP contribution in [0.2, 0.25) is 0 Å². The fraction of sp³-hybridized carbons (Fsp3) is 0.333. The molecule has 396 valence electrons. The second-order valence-electron chi connectivity index (χ2n) is 22.0. The topological polar surface area (TPSA) is 36.9 Å². The van der Waals surface area contributed by atoms with E-state index in [1.165, 1.54) is 94.2 Å².